The van der Waals surface area contributed by atoms with Crippen LogP contribution in [0.1, 0.15) is 6.42 Å². The van der Waals surface area contributed by atoms with Gasteiger partial charge in [-0.1, -0.05) is 23.9 Å². The third-order valence-corrected chi connectivity index (χ3v) is 6.04. The van der Waals surface area contributed by atoms with Crippen molar-refractivity contribution in [1.82, 2.24) is 15.3 Å². The summed E-state index contributed by atoms with van der Waals surface area (Å²) >= 11 is 1.29. The summed E-state index contributed by atoms with van der Waals surface area (Å²) in [5.74, 6) is 0.214. The highest BCUT2D eigenvalue weighted by atomic mass is 32.2. The Hall–Kier alpha value is -1.67. The summed E-state index contributed by atoms with van der Waals surface area (Å²) in [5.41, 5.74) is 1.60. The average Bonchev–Trinajstić information content (AvgIpc) is 2.84. The van der Waals surface area contributed by atoms with E-state index in [0.717, 1.165) is 11.0 Å². The Kier molecular flexibility index (Phi) is 4.30. The van der Waals surface area contributed by atoms with Gasteiger partial charge < -0.3 is 5.32 Å². The van der Waals surface area contributed by atoms with Gasteiger partial charge in [0.1, 0.15) is 5.03 Å². The zero-order valence-electron chi connectivity index (χ0n) is 11.7. The first kappa shape index (κ1) is 15.2. The maximum absolute atomic E-state index is 11.9. The van der Waals surface area contributed by atoms with Gasteiger partial charge in [0.25, 0.3) is 0 Å². The predicted octanol–water partition coefficient (Wildman–Crippen LogP) is 1.03. The molecular weight excluding hydrogens is 322 g/mol. The smallest absolute Gasteiger partial charge is 0.230 e. The Labute approximate surface area is 132 Å². The second-order valence-corrected chi connectivity index (χ2v) is 8.38. The van der Waals surface area contributed by atoms with Crippen LogP contribution in [0.25, 0.3) is 11.0 Å². The van der Waals surface area contributed by atoms with Crippen LogP contribution in [0.15, 0.2) is 35.5 Å². The molecule has 1 aliphatic rings. The zero-order valence-corrected chi connectivity index (χ0v) is 13.4. The number of hydrogen-bond donors (Lipinski definition) is 1. The number of carbonyl (C=O) groups is 1. The van der Waals surface area contributed by atoms with Crippen LogP contribution in [0.4, 0.5) is 0 Å². The summed E-state index contributed by atoms with van der Waals surface area (Å²) in [6.07, 6.45) is 2.13. The van der Waals surface area contributed by atoms with E-state index in [1.165, 1.54) is 11.8 Å². The molecule has 1 saturated heterocycles. The maximum atomic E-state index is 11.9. The fraction of sp³-hybridized carbons (Fsp3) is 0.357. The Morgan fingerprint density at radius 1 is 1.32 bits per heavy atom. The van der Waals surface area contributed by atoms with E-state index in [2.05, 4.69) is 15.3 Å². The number of amides is 1. The number of nitrogens with zero attached hydrogens (tertiary/aromatic N) is 2. The zero-order chi connectivity index (χ0) is 15.6. The van der Waals surface area contributed by atoms with Gasteiger partial charge >= 0.3 is 0 Å². The molecule has 22 heavy (non-hydrogen) atoms. The molecule has 1 aromatic carbocycles. The summed E-state index contributed by atoms with van der Waals surface area (Å²) in [4.78, 5) is 20.6. The molecular formula is C14H15N3O3S2. The van der Waals surface area contributed by atoms with Gasteiger partial charge in [-0.15, -0.1) is 0 Å². The molecule has 0 unspecified atom stereocenters. The van der Waals surface area contributed by atoms with E-state index in [-0.39, 0.29) is 29.2 Å². The summed E-state index contributed by atoms with van der Waals surface area (Å²) in [7, 11) is -2.98. The molecule has 0 spiro atoms. The lowest BCUT2D eigenvalue weighted by Crippen LogP contribution is -2.36. The highest BCUT2D eigenvalue weighted by Crippen LogP contribution is 2.18. The average molecular weight is 337 g/mol. The van der Waals surface area contributed by atoms with Crippen LogP contribution < -0.4 is 5.32 Å². The molecule has 0 bridgehead atoms. The fourth-order valence-corrected chi connectivity index (χ4v) is 4.65. The van der Waals surface area contributed by atoms with Crippen LogP contribution in [0.2, 0.25) is 0 Å². The largest absolute Gasteiger partial charge is 0.352 e. The SMILES string of the molecule is O=C(CSc1cnc2ccccc2n1)N[C@H]1CCS(=O)(=O)C1. The Balaban J connectivity index is 1.56. The number of benzene rings is 1. The number of rotatable bonds is 4. The molecule has 1 atom stereocenters. The van der Waals surface area contributed by atoms with E-state index in [0.29, 0.717) is 11.4 Å². The lowest BCUT2D eigenvalue weighted by Gasteiger charge is -2.10. The quantitative estimate of drug-likeness (QED) is 0.838. The van der Waals surface area contributed by atoms with Gasteiger partial charge in [-0.3, -0.25) is 9.78 Å². The normalized spacial score (nSPS) is 20.1. The van der Waals surface area contributed by atoms with Crippen LogP contribution in [0.5, 0.6) is 0 Å². The molecule has 1 fully saturated rings. The van der Waals surface area contributed by atoms with Crippen molar-refractivity contribution in [3.63, 3.8) is 0 Å². The van der Waals surface area contributed by atoms with Crippen LogP contribution >= 0.6 is 11.8 Å². The second kappa shape index (κ2) is 6.21. The molecule has 2 heterocycles. The molecule has 8 heteroatoms. The molecule has 3 rings (SSSR count). The van der Waals surface area contributed by atoms with Crippen LogP contribution in [0, 0.1) is 0 Å². The molecule has 116 valence electrons. The molecule has 1 aliphatic heterocycles. The highest BCUT2D eigenvalue weighted by Gasteiger charge is 2.28. The first-order chi connectivity index (χ1) is 10.5. The Morgan fingerprint density at radius 2 is 2.09 bits per heavy atom. The van der Waals surface area contributed by atoms with E-state index in [1.807, 2.05) is 24.3 Å². The molecule has 2 aromatic rings. The van der Waals surface area contributed by atoms with Crippen molar-refractivity contribution in [3.05, 3.63) is 30.5 Å². The van der Waals surface area contributed by atoms with Gasteiger partial charge in [-0.2, -0.15) is 0 Å². The number of carbonyl (C=O) groups excluding carboxylic acids is 1. The minimum absolute atomic E-state index is 0.0409. The van der Waals surface area contributed by atoms with Gasteiger partial charge in [-0.05, 0) is 18.6 Å². The second-order valence-electron chi connectivity index (χ2n) is 5.15. The summed E-state index contributed by atoms with van der Waals surface area (Å²) in [6.45, 7) is 0. The number of thioether (sulfide) groups is 1. The van der Waals surface area contributed by atoms with E-state index in [1.54, 1.807) is 6.20 Å². The lowest BCUT2D eigenvalue weighted by molar-refractivity contribution is -0.119. The van der Waals surface area contributed by atoms with Crippen molar-refractivity contribution in [1.29, 1.82) is 0 Å². The van der Waals surface area contributed by atoms with E-state index < -0.39 is 9.84 Å². The first-order valence-electron chi connectivity index (χ1n) is 6.86. The van der Waals surface area contributed by atoms with Crippen LogP contribution in [0.3, 0.4) is 0 Å². The van der Waals surface area contributed by atoms with Crippen molar-refractivity contribution in [2.75, 3.05) is 17.3 Å². The number of sulfone groups is 1. The number of hydrogen-bond acceptors (Lipinski definition) is 6. The number of aromatic nitrogens is 2. The van der Waals surface area contributed by atoms with Crippen LogP contribution in [-0.4, -0.2) is 47.6 Å². The van der Waals surface area contributed by atoms with E-state index >= 15 is 0 Å². The predicted molar refractivity (Wildman–Crippen MR) is 85.5 cm³/mol. The van der Waals surface area contributed by atoms with Gasteiger partial charge in [0, 0.05) is 6.04 Å². The minimum Gasteiger partial charge on any atom is -0.352 e. The van der Waals surface area contributed by atoms with Crippen molar-refractivity contribution in [2.45, 2.75) is 17.5 Å². The lowest BCUT2D eigenvalue weighted by atomic mass is 10.3. The minimum atomic E-state index is -2.98. The van der Waals surface area contributed by atoms with Gasteiger partial charge in [-0.25, -0.2) is 13.4 Å². The number of para-hydroxylation sites is 2. The molecule has 1 amide bonds. The fourth-order valence-electron chi connectivity index (χ4n) is 2.33. The van der Waals surface area contributed by atoms with Gasteiger partial charge in [0.05, 0.1) is 34.5 Å². The van der Waals surface area contributed by atoms with E-state index in [4.69, 9.17) is 0 Å². The molecule has 1 aromatic heterocycles. The highest BCUT2D eigenvalue weighted by molar-refractivity contribution is 7.99. The summed E-state index contributed by atoms with van der Waals surface area (Å²) in [6, 6.07) is 7.27. The van der Waals surface area contributed by atoms with Crippen molar-refractivity contribution >= 4 is 38.5 Å². The van der Waals surface area contributed by atoms with Gasteiger partial charge in [0.15, 0.2) is 9.84 Å². The van der Waals surface area contributed by atoms with Gasteiger partial charge in [0.2, 0.25) is 5.91 Å². The molecule has 6 nitrogen and oxygen atoms in total. The topological polar surface area (TPSA) is 89.0 Å². The maximum Gasteiger partial charge on any atom is 0.230 e. The van der Waals surface area contributed by atoms with Crippen molar-refractivity contribution in [2.24, 2.45) is 0 Å². The van der Waals surface area contributed by atoms with Crippen LogP contribution in [-0.2, 0) is 14.6 Å². The molecule has 0 aliphatic carbocycles. The van der Waals surface area contributed by atoms with Crippen molar-refractivity contribution in [3.8, 4) is 0 Å². The monoisotopic (exact) mass is 337 g/mol. The van der Waals surface area contributed by atoms with E-state index in [9.17, 15) is 13.2 Å². The number of fused-ring (bicyclic) bond motifs is 1. The third kappa shape index (κ3) is 3.75. The Morgan fingerprint density at radius 3 is 2.82 bits per heavy atom. The molecule has 1 N–H and O–H groups in total. The molecule has 0 radical (unpaired) electrons. The molecule has 0 saturated carbocycles. The first-order valence-corrected chi connectivity index (χ1v) is 9.67. The van der Waals surface area contributed by atoms with Crippen molar-refractivity contribution < 1.29 is 13.2 Å². The number of nitrogens with one attached hydrogen (secondary N) is 1. The summed E-state index contributed by atoms with van der Waals surface area (Å²) < 4.78 is 22.7. The Bertz CT molecular complexity index is 808. The summed E-state index contributed by atoms with van der Waals surface area (Å²) in [5, 5.41) is 3.43. The standard InChI is InChI=1S/C14H15N3O3S2/c18-13(16-10-5-6-22(19,20)9-10)8-21-14-7-15-11-3-1-2-4-12(11)17-14/h1-4,7,10H,5-6,8-9H2,(H,16,18)/t10-/m0/s1. The third-order valence-electron chi connectivity index (χ3n) is 3.38.